The minimum atomic E-state index is -0.822. The Morgan fingerprint density at radius 2 is 2.25 bits per heavy atom. The molecule has 0 spiro atoms. The van der Waals surface area contributed by atoms with Crippen molar-refractivity contribution in [3.05, 3.63) is 23.8 Å². The predicted octanol–water partition coefficient (Wildman–Crippen LogP) is 1.35. The summed E-state index contributed by atoms with van der Waals surface area (Å²) in [6, 6.07) is 6.63. The van der Waals surface area contributed by atoms with Crippen LogP contribution in [0.3, 0.4) is 0 Å². The van der Waals surface area contributed by atoms with Gasteiger partial charge >= 0.3 is 5.97 Å². The monoisotopic (exact) mass is 220 g/mol. The minimum Gasteiger partial charge on any atom is -0.496 e. The Labute approximate surface area is 93.4 Å². The second kappa shape index (κ2) is 5.03. The summed E-state index contributed by atoms with van der Waals surface area (Å²) in [7, 11) is 1.43. The van der Waals surface area contributed by atoms with Crippen LogP contribution in [-0.4, -0.2) is 19.2 Å². The number of nitrogens with zero attached hydrogens (tertiary/aromatic N) is 1. The molecule has 2 N–H and O–H groups in total. The highest BCUT2D eigenvalue weighted by atomic mass is 16.5. The van der Waals surface area contributed by atoms with Gasteiger partial charge in [0, 0.05) is 5.69 Å². The Hall–Kier alpha value is -2.22. The van der Waals surface area contributed by atoms with Gasteiger partial charge in [-0.15, -0.1) is 0 Å². The molecule has 5 nitrogen and oxygen atoms in total. The van der Waals surface area contributed by atoms with Gasteiger partial charge in [0.2, 0.25) is 0 Å². The van der Waals surface area contributed by atoms with E-state index < -0.39 is 12.1 Å². The molecule has 1 aromatic rings. The maximum atomic E-state index is 11.7. The van der Waals surface area contributed by atoms with E-state index >= 15 is 0 Å². The normalized spacial score (nSPS) is 11.3. The van der Waals surface area contributed by atoms with Gasteiger partial charge in [-0.05, 0) is 19.1 Å². The summed E-state index contributed by atoms with van der Waals surface area (Å²) in [6.45, 7) is 1.48. The van der Waals surface area contributed by atoms with Gasteiger partial charge in [-0.3, -0.25) is 0 Å². The molecule has 1 rings (SSSR count). The first kappa shape index (κ1) is 11.9. The highest BCUT2D eigenvalue weighted by Gasteiger charge is 2.19. The topological polar surface area (TPSA) is 85.3 Å². The fourth-order valence-corrected chi connectivity index (χ4v) is 1.18. The summed E-state index contributed by atoms with van der Waals surface area (Å²) in [5, 5.41) is 8.54. The van der Waals surface area contributed by atoms with E-state index in [4.69, 9.17) is 20.5 Å². The zero-order chi connectivity index (χ0) is 12.1. The minimum absolute atomic E-state index is 0.145. The first-order valence-electron chi connectivity index (χ1n) is 4.63. The molecule has 0 bridgehead atoms. The third-order valence-electron chi connectivity index (χ3n) is 1.95. The summed E-state index contributed by atoms with van der Waals surface area (Å²) < 4.78 is 9.85. The number of methoxy groups -OCH3 is 1. The molecule has 1 aromatic carbocycles. The molecule has 0 saturated carbocycles. The Morgan fingerprint density at radius 3 is 2.81 bits per heavy atom. The summed E-state index contributed by atoms with van der Waals surface area (Å²) >= 11 is 0. The van der Waals surface area contributed by atoms with Crippen LogP contribution in [0.15, 0.2) is 18.2 Å². The highest BCUT2D eigenvalue weighted by molar-refractivity contribution is 5.98. The molecule has 0 saturated heterocycles. The van der Waals surface area contributed by atoms with E-state index in [0.29, 0.717) is 5.75 Å². The van der Waals surface area contributed by atoms with E-state index in [9.17, 15) is 4.79 Å². The highest BCUT2D eigenvalue weighted by Crippen LogP contribution is 2.25. The number of carbonyl (C=O) groups excluding carboxylic acids is 1. The molecule has 84 valence electrons. The first-order valence-corrected chi connectivity index (χ1v) is 4.63. The van der Waals surface area contributed by atoms with Crippen LogP contribution in [-0.2, 0) is 4.74 Å². The molecule has 16 heavy (non-hydrogen) atoms. The van der Waals surface area contributed by atoms with E-state index in [1.165, 1.54) is 14.0 Å². The lowest BCUT2D eigenvalue weighted by molar-refractivity contribution is 0.0433. The van der Waals surface area contributed by atoms with Crippen LogP contribution < -0.4 is 10.5 Å². The molecule has 1 atom stereocenters. The van der Waals surface area contributed by atoms with E-state index in [1.54, 1.807) is 24.3 Å². The van der Waals surface area contributed by atoms with Gasteiger partial charge in [0.05, 0.1) is 7.11 Å². The number of carbonyl (C=O) groups is 1. The van der Waals surface area contributed by atoms with Crippen LogP contribution >= 0.6 is 0 Å². The number of esters is 1. The van der Waals surface area contributed by atoms with Crippen molar-refractivity contribution >= 4 is 11.7 Å². The Bertz CT molecular complexity index is 437. The van der Waals surface area contributed by atoms with Gasteiger partial charge in [0.1, 0.15) is 17.4 Å². The number of hydrogen-bond acceptors (Lipinski definition) is 5. The van der Waals surface area contributed by atoms with Crippen molar-refractivity contribution < 1.29 is 14.3 Å². The molecule has 0 aliphatic rings. The quantitative estimate of drug-likeness (QED) is 0.613. The number of nitriles is 1. The molecule has 0 fully saturated rings. The average Bonchev–Trinajstić information content (AvgIpc) is 2.28. The molecule has 0 radical (unpaired) electrons. The number of nitrogen functional groups attached to an aromatic ring is 1. The summed E-state index contributed by atoms with van der Waals surface area (Å²) in [4.78, 5) is 11.7. The van der Waals surface area contributed by atoms with Gasteiger partial charge in [-0.2, -0.15) is 5.26 Å². The van der Waals surface area contributed by atoms with Crippen molar-refractivity contribution in [1.29, 1.82) is 5.26 Å². The second-order valence-electron chi connectivity index (χ2n) is 3.10. The van der Waals surface area contributed by atoms with E-state index in [-0.39, 0.29) is 11.3 Å². The lowest BCUT2D eigenvalue weighted by Gasteiger charge is -2.11. The van der Waals surface area contributed by atoms with Crippen molar-refractivity contribution in [3.8, 4) is 11.8 Å². The van der Waals surface area contributed by atoms with E-state index in [2.05, 4.69) is 0 Å². The standard InChI is InChI=1S/C11H12N2O3/c1-7(6-12)16-11(14)10-8(13)4-3-5-9(10)15-2/h3-5,7H,13H2,1-2H3. The fourth-order valence-electron chi connectivity index (χ4n) is 1.18. The number of hydrogen-bond donors (Lipinski definition) is 1. The molecule has 0 aliphatic heterocycles. The first-order chi connectivity index (χ1) is 7.60. The van der Waals surface area contributed by atoms with Crippen molar-refractivity contribution in [3.63, 3.8) is 0 Å². The van der Waals surface area contributed by atoms with Gasteiger partial charge in [-0.1, -0.05) is 6.07 Å². The molecule has 0 amide bonds. The van der Waals surface area contributed by atoms with Crippen LogP contribution in [0.1, 0.15) is 17.3 Å². The number of nitrogens with two attached hydrogens (primary N) is 1. The number of anilines is 1. The maximum Gasteiger partial charge on any atom is 0.345 e. The maximum absolute atomic E-state index is 11.7. The molecular formula is C11H12N2O3. The molecular weight excluding hydrogens is 208 g/mol. The molecule has 1 unspecified atom stereocenters. The summed E-state index contributed by atoms with van der Waals surface area (Å²) in [5.41, 5.74) is 6.06. The summed E-state index contributed by atoms with van der Waals surface area (Å²) in [5.74, 6) is -0.334. The smallest absolute Gasteiger partial charge is 0.345 e. The molecule has 0 aromatic heterocycles. The number of benzene rings is 1. The van der Waals surface area contributed by atoms with Crippen LogP contribution in [0.4, 0.5) is 5.69 Å². The predicted molar refractivity (Wildman–Crippen MR) is 57.9 cm³/mol. The second-order valence-corrected chi connectivity index (χ2v) is 3.10. The SMILES string of the molecule is COc1cccc(N)c1C(=O)OC(C)C#N. The molecule has 5 heteroatoms. The third-order valence-corrected chi connectivity index (χ3v) is 1.95. The zero-order valence-electron chi connectivity index (χ0n) is 9.06. The lowest BCUT2D eigenvalue weighted by atomic mass is 10.1. The van der Waals surface area contributed by atoms with Crippen LogP contribution in [0.25, 0.3) is 0 Å². The Balaban J connectivity index is 3.03. The Morgan fingerprint density at radius 1 is 1.56 bits per heavy atom. The van der Waals surface area contributed by atoms with E-state index in [0.717, 1.165) is 0 Å². The van der Waals surface area contributed by atoms with Gasteiger partial charge in [0.25, 0.3) is 0 Å². The number of rotatable bonds is 3. The Kier molecular flexibility index (Phi) is 3.72. The largest absolute Gasteiger partial charge is 0.496 e. The van der Waals surface area contributed by atoms with Crippen LogP contribution in [0.5, 0.6) is 5.75 Å². The van der Waals surface area contributed by atoms with Crippen LogP contribution in [0, 0.1) is 11.3 Å². The summed E-state index contributed by atoms with van der Waals surface area (Å²) in [6.07, 6.45) is -0.822. The zero-order valence-corrected chi connectivity index (χ0v) is 9.06. The van der Waals surface area contributed by atoms with Crippen molar-refractivity contribution in [1.82, 2.24) is 0 Å². The van der Waals surface area contributed by atoms with Crippen molar-refractivity contribution in [2.24, 2.45) is 0 Å². The molecule has 0 heterocycles. The molecule has 0 aliphatic carbocycles. The third kappa shape index (κ3) is 2.42. The van der Waals surface area contributed by atoms with Crippen molar-refractivity contribution in [2.45, 2.75) is 13.0 Å². The van der Waals surface area contributed by atoms with E-state index in [1.807, 2.05) is 0 Å². The lowest BCUT2D eigenvalue weighted by Crippen LogP contribution is -2.15. The van der Waals surface area contributed by atoms with Crippen molar-refractivity contribution in [2.75, 3.05) is 12.8 Å². The number of ether oxygens (including phenoxy) is 2. The van der Waals surface area contributed by atoms with Gasteiger partial charge < -0.3 is 15.2 Å². The average molecular weight is 220 g/mol. The van der Waals surface area contributed by atoms with Crippen LogP contribution in [0.2, 0.25) is 0 Å². The van der Waals surface area contributed by atoms with Gasteiger partial charge in [0.15, 0.2) is 6.10 Å². The fraction of sp³-hybridized carbons (Fsp3) is 0.273. The van der Waals surface area contributed by atoms with Gasteiger partial charge in [-0.25, -0.2) is 4.79 Å².